The van der Waals surface area contributed by atoms with E-state index < -0.39 is 0 Å². The Morgan fingerprint density at radius 1 is 1.30 bits per heavy atom. The molecule has 116 valence electrons. The van der Waals surface area contributed by atoms with Crippen LogP contribution in [0.15, 0.2) is 42.7 Å². The Labute approximate surface area is 133 Å². The number of aromatic nitrogens is 2. The van der Waals surface area contributed by atoms with Crippen molar-refractivity contribution < 1.29 is 9.53 Å². The lowest BCUT2D eigenvalue weighted by molar-refractivity contribution is 0.189. The van der Waals surface area contributed by atoms with Crippen LogP contribution in [0.2, 0.25) is 0 Å². The molecule has 7 heteroatoms. The molecule has 0 radical (unpaired) electrons. The van der Waals surface area contributed by atoms with Crippen LogP contribution in [0.3, 0.4) is 0 Å². The smallest absolute Gasteiger partial charge is 0.321 e. The Morgan fingerprint density at radius 2 is 2.09 bits per heavy atom. The zero-order valence-corrected chi connectivity index (χ0v) is 12.3. The van der Waals surface area contributed by atoms with Crippen molar-refractivity contribution in [1.29, 1.82) is 5.26 Å². The Balaban J connectivity index is 1.58. The number of carbonyl (C=O) groups is 1. The predicted molar refractivity (Wildman–Crippen MR) is 82.8 cm³/mol. The molecule has 0 bridgehead atoms. The van der Waals surface area contributed by atoms with E-state index >= 15 is 0 Å². The van der Waals surface area contributed by atoms with Crippen LogP contribution in [-0.2, 0) is 0 Å². The van der Waals surface area contributed by atoms with Crippen LogP contribution < -0.4 is 10.1 Å². The van der Waals surface area contributed by atoms with E-state index in [-0.39, 0.29) is 23.7 Å². The molecule has 1 N–H and O–H groups in total. The second-order valence-electron chi connectivity index (χ2n) is 5.09. The van der Waals surface area contributed by atoms with Gasteiger partial charge in [-0.1, -0.05) is 18.2 Å². The zero-order valence-electron chi connectivity index (χ0n) is 12.3. The summed E-state index contributed by atoms with van der Waals surface area (Å²) >= 11 is 0. The quantitative estimate of drug-likeness (QED) is 0.936. The molecule has 7 nitrogen and oxygen atoms in total. The number of nitriles is 1. The molecule has 1 aliphatic heterocycles. The number of ether oxygens (including phenoxy) is 1. The first kappa shape index (κ1) is 14.8. The number of hydrogen-bond donors (Lipinski definition) is 1. The third-order valence-corrected chi connectivity index (χ3v) is 3.51. The van der Waals surface area contributed by atoms with E-state index in [1.165, 1.54) is 12.4 Å². The van der Waals surface area contributed by atoms with Crippen molar-refractivity contribution in [3.8, 4) is 11.9 Å². The second-order valence-corrected chi connectivity index (χ2v) is 5.09. The average molecular weight is 309 g/mol. The van der Waals surface area contributed by atoms with Crippen LogP contribution in [0, 0.1) is 11.3 Å². The molecule has 1 atom stereocenters. The topological polar surface area (TPSA) is 91.1 Å². The van der Waals surface area contributed by atoms with Crippen molar-refractivity contribution >= 4 is 11.7 Å². The standard InChI is InChI=1S/C16H15N5O2/c17-10-14-15(19-8-7-18-14)23-13-6-9-21(11-13)16(22)20-12-4-2-1-3-5-12/h1-5,7-8,13H,6,9,11H2,(H,20,22). The van der Waals surface area contributed by atoms with Gasteiger partial charge in [-0.2, -0.15) is 5.26 Å². The Bertz CT molecular complexity index is 729. The first-order valence-electron chi connectivity index (χ1n) is 7.25. The van der Waals surface area contributed by atoms with Crippen molar-refractivity contribution in [1.82, 2.24) is 14.9 Å². The van der Waals surface area contributed by atoms with Crippen molar-refractivity contribution in [2.75, 3.05) is 18.4 Å². The molecule has 1 aromatic carbocycles. The van der Waals surface area contributed by atoms with Crippen LogP contribution in [0.1, 0.15) is 12.1 Å². The molecule has 2 amide bonds. The zero-order chi connectivity index (χ0) is 16.1. The van der Waals surface area contributed by atoms with Gasteiger partial charge in [0.15, 0.2) is 0 Å². The van der Waals surface area contributed by atoms with Gasteiger partial charge < -0.3 is 15.0 Å². The molecule has 2 aromatic rings. The van der Waals surface area contributed by atoms with Gasteiger partial charge in [0, 0.05) is 31.0 Å². The largest absolute Gasteiger partial charge is 0.470 e. The molecule has 1 saturated heterocycles. The molecule has 0 aliphatic carbocycles. The highest BCUT2D eigenvalue weighted by atomic mass is 16.5. The summed E-state index contributed by atoms with van der Waals surface area (Å²) in [6, 6.07) is 11.1. The van der Waals surface area contributed by atoms with Gasteiger partial charge in [-0.25, -0.2) is 14.8 Å². The summed E-state index contributed by atoms with van der Waals surface area (Å²) in [4.78, 5) is 21.8. The molecule has 1 aromatic heterocycles. The number of urea groups is 1. The molecular weight excluding hydrogens is 294 g/mol. The van der Waals surface area contributed by atoms with Crippen molar-refractivity contribution in [2.45, 2.75) is 12.5 Å². The number of amides is 2. The van der Waals surface area contributed by atoms with Crippen LogP contribution in [0.5, 0.6) is 5.88 Å². The molecule has 2 heterocycles. The number of hydrogen-bond acceptors (Lipinski definition) is 5. The van der Waals surface area contributed by atoms with E-state index in [9.17, 15) is 4.79 Å². The molecular formula is C16H15N5O2. The van der Waals surface area contributed by atoms with Gasteiger partial charge in [-0.15, -0.1) is 0 Å². The number of rotatable bonds is 3. The molecule has 1 aliphatic rings. The maximum absolute atomic E-state index is 12.2. The summed E-state index contributed by atoms with van der Waals surface area (Å²) in [5.74, 6) is 0.213. The third-order valence-electron chi connectivity index (χ3n) is 3.51. The van der Waals surface area contributed by atoms with Crippen LogP contribution in [-0.4, -0.2) is 40.1 Å². The molecule has 1 unspecified atom stereocenters. The number of anilines is 1. The number of nitrogens with one attached hydrogen (secondary N) is 1. The monoisotopic (exact) mass is 309 g/mol. The summed E-state index contributed by atoms with van der Waals surface area (Å²) in [7, 11) is 0. The molecule has 23 heavy (non-hydrogen) atoms. The summed E-state index contributed by atoms with van der Waals surface area (Å²) in [6.45, 7) is 1.03. The summed E-state index contributed by atoms with van der Waals surface area (Å²) in [5, 5.41) is 11.8. The second kappa shape index (κ2) is 6.75. The number of carbonyl (C=O) groups excluding carboxylic acids is 1. The van der Waals surface area contributed by atoms with Gasteiger partial charge >= 0.3 is 6.03 Å². The van der Waals surface area contributed by atoms with E-state index in [0.717, 1.165) is 5.69 Å². The average Bonchev–Trinajstić information content (AvgIpc) is 3.05. The third kappa shape index (κ3) is 3.55. The fourth-order valence-corrected chi connectivity index (χ4v) is 2.38. The minimum atomic E-state index is -0.194. The first-order valence-corrected chi connectivity index (χ1v) is 7.25. The number of benzene rings is 1. The van der Waals surface area contributed by atoms with Crippen molar-refractivity contribution in [3.05, 3.63) is 48.4 Å². The van der Waals surface area contributed by atoms with Crippen LogP contribution in [0.25, 0.3) is 0 Å². The van der Waals surface area contributed by atoms with Crippen LogP contribution >= 0.6 is 0 Å². The van der Waals surface area contributed by atoms with Crippen LogP contribution in [0.4, 0.5) is 10.5 Å². The SMILES string of the molecule is N#Cc1nccnc1OC1CCN(C(=O)Nc2ccccc2)C1. The minimum absolute atomic E-state index is 0.152. The fourth-order valence-electron chi connectivity index (χ4n) is 2.38. The van der Waals surface area contributed by atoms with E-state index in [1.54, 1.807) is 4.90 Å². The highest BCUT2D eigenvalue weighted by molar-refractivity contribution is 5.89. The van der Waals surface area contributed by atoms with E-state index in [2.05, 4.69) is 15.3 Å². The first-order chi connectivity index (χ1) is 11.3. The Morgan fingerprint density at radius 3 is 2.87 bits per heavy atom. The molecule has 1 fully saturated rings. The molecule has 0 saturated carbocycles. The predicted octanol–water partition coefficient (Wildman–Crippen LogP) is 2.03. The fraction of sp³-hybridized carbons (Fsp3) is 0.250. The van der Waals surface area contributed by atoms with E-state index in [1.807, 2.05) is 36.4 Å². The number of para-hydroxylation sites is 1. The van der Waals surface area contributed by atoms with E-state index in [4.69, 9.17) is 10.00 Å². The van der Waals surface area contributed by atoms with Gasteiger partial charge in [0.1, 0.15) is 12.2 Å². The van der Waals surface area contributed by atoms with Gasteiger partial charge in [-0.05, 0) is 12.1 Å². The van der Waals surface area contributed by atoms with Gasteiger partial charge in [0.05, 0.1) is 6.54 Å². The summed E-state index contributed by atoms with van der Waals surface area (Å²) in [6.07, 6.45) is 3.41. The van der Waals surface area contributed by atoms with E-state index in [0.29, 0.717) is 19.5 Å². The van der Waals surface area contributed by atoms with Crippen molar-refractivity contribution in [3.63, 3.8) is 0 Å². The number of likely N-dealkylation sites (tertiary alicyclic amines) is 1. The minimum Gasteiger partial charge on any atom is -0.470 e. The van der Waals surface area contributed by atoms with Gasteiger partial charge in [0.2, 0.25) is 5.69 Å². The summed E-state index contributed by atoms with van der Waals surface area (Å²) < 4.78 is 5.71. The van der Waals surface area contributed by atoms with Crippen molar-refractivity contribution in [2.24, 2.45) is 0 Å². The lowest BCUT2D eigenvalue weighted by Crippen LogP contribution is -2.34. The Hall–Kier alpha value is -3.14. The summed E-state index contributed by atoms with van der Waals surface area (Å²) in [5.41, 5.74) is 0.905. The maximum Gasteiger partial charge on any atom is 0.321 e. The normalized spacial score (nSPS) is 16.7. The van der Waals surface area contributed by atoms with Gasteiger partial charge in [-0.3, -0.25) is 0 Å². The van der Waals surface area contributed by atoms with Gasteiger partial charge in [0.25, 0.3) is 5.88 Å². The highest BCUT2D eigenvalue weighted by Crippen LogP contribution is 2.19. The Kier molecular flexibility index (Phi) is 4.34. The maximum atomic E-state index is 12.2. The molecule has 3 rings (SSSR count). The molecule has 0 spiro atoms. The highest BCUT2D eigenvalue weighted by Gasteiger charge is 2.28. The lowest BCUT2D eigenvalue weighted by Gasteiger charge is -2.17. The number of nitrogens with zero attached hydrogens (tertiary/aromatic N) is 4. The lowest BCUT2D eigenvalue weighted by atomic mass is 10.3.